The van der Waals surface area contributed by atoms with Crippen LogP contribution in [0.15, 0.2) is 18.5 Å². The van der Waals surface area contributed by atoms with E-state index in [9.17, 15) is 4.79 Å². The van der Waals surface area contributed by atoms with Crippen LogP contribution >= 0.6 is 0 Å². The van der Waals surface area contributed by atoms with Gasteiger partial charge in [-0.2, -0.15) is 4.52 Å². The molecule has 0 bridgehead atoms. The van der Waals surface area contributed by atoms with Crippen molar-refractivity contribution in [3.8, 4) is 0 Å². The molecule has 2 atom stereocenters. The maximum absolute atomic E-state index is 12.8. The normalized spacial score (nSPS) is 25.5. The highest BCUT2D eigenvalue weighted by Gasteiger charge is 2.32. The molecule has 1 amide bonds. The molecule has 8 heteroatoms. The summed E-state index contributed by atoms with van der Waals surface area (Å²) in [6.07, 6.45) is 3.57. The van der Waals surface area contributed by atoms with E-state index in [-0.39, 0.29) is 24.0 Å². The van der Waals surface area contributed by atoms with Gasteiger partial charge in [0, 0.05) is 32.1 Å². The van der Waals surface area contributed by atoms with Gasteiger partial charge >= 0.3 is 0 Å². The first-order chi connectivity index (χ1) is 12.1. The Morgan fingerprint density at radius 2 is 1.88 bits per heavy atom. The van der Waals surface area contributed by atoms with Crippen LogP contribution in [0.3, 0.4) is 0 Å². The highest BCUT2D eigenvalue weighted by Crippen LogP contribution is 2.25. The summed E-state index contributed by atoms with van der Waals surface area (Å²) < 4.78 is 7.42. The fourth-order valence-electron chi connectivity index (χ4n) is 3.86. The van der Waals surface area contributed by atoms with E-state index < -0.39 is 0 Å². The number of rotatable bonds is 2. The van der Waals surface area contributed by atoms with E-state index in [1.54, 1.807) is 10.8 Å². The quantitative estimate of drug-likeness (QED) is 0.808. The van der Waals surface area contributed by atoms with E-state index in [0.29, 0.717) is 13.1 Å². The van der Waals surface area contributed by atoms with Gasteiger partial charge in [-0.15, -0.1) is 15.3 Å². The Labute approximate surface area is 146 Å². The third-order valence-electron chi connectivity index (χ3n) is 5.05. The number of anilines is 1. The highest BCUT2D eigenvalue weighted by atomic mass is 16.5. The number of nitrogens with zero attached hydrogens (tertiary/aromatic N) is 6. The first kappa shape index (κ1) is 16.3. The molecule has 0 N–H and O–H groups in total. The number of hydrogen-bond donors (Lipinski definition) is 0. The number of amides is 1. The van der Waals surface area contributed by atoms with Crippen molar-refractivity contribution in [1.82, 2.24) is 24.7 Å². The molecular formula is C17H24N6O2. The van der Waals surface area contributed by atoms with Gasteiger partial charge in [0.2, 0.25) is 5.91 Å². The predicted octanol–water partition coefficient (Wildman–Crippen LogP) is 0.977. The van der Waals surface area contributed by atoms with Gasteiger partial charge in [-0.1, -0.05) is 0 Å². The Balaban J connectivity index is 1.38. The zero-order valence-electron chi connectivity index (χ0n) is 14.7. The molecule has 4 rings (SSSR count). The van der Waals surface area contributed by atoms with Crippen LogP contribution in [0.1, 0.15) is 26.7 Å². The van der Waals surface area contributed by atoms with Crippen molar-refractivity contribution >= 4 is 17.4 Å². The molecule has 8 nitrogen and oxygen atoms in total. The summed E-state index contributed by atoms with van der Waals surface area (Å²) in [5.41, 5.74) is 0.740. The number of aromatic nitrogens is 4. The van der Waals surface area contributed by atoms with Crippen molar-refractivity contribution in [1.29, 1.82) is 0 Å². The molecule has 0 unspecified atom stereocenters. The van der Waals surface area contributed by atoms with Gasteiger partial charge in [-0.3, -0.25) is 4.79 Å². The topological polar surface area (TPSA) is 75.9 Å². The van der Waals surface area contributed by atoms with Crippen LogP contribution in [0.5, 0.6) is 0 Å². The molecule has 2 fully saturated rings. The molecule has 0 radical (unpaired) electrons. The minimum absolute atomic E-state index is 0.104. The van der Waals surface area contributed by atoms with Gasteiger partial charge in [0.05, 0.1) is 12.2 Å². The zero-order valence-corrected chi connectivity index (χ0v) is 14.7. The smallest absolute Gasteiger partial charge is 0.225 e. The van der Waals surface area contributed by atoms with Crippen LogP contribution in [-0.4, -0.2) is 69.0 Å². The molecule has 2 aromatic heterocycles. The van der Waals surface area contributed by atoms with E-state index in [4.69, 9.17) is 4.74 Å². The van der Waals surface area contributed by atoms with Crippen LogP contribution < -0.4 is 4.90 Å². The van der Waals surface area contributed by atoms with Crippen molar-refractivity contribution in [2.75, 3.05) is 31.1 Å². The Morgan fingerprint density at radius 1 is 1.16 bits per heavy atom. The SMILES string of the molecule is C[C@H]1CN(C(=O)C2CCN(c3ccc4nncn4n3)CC2)C[C@H](C)O1. The van der Waals surface area contributed by atoms with Gasteiger partial charge < -0.3 is 14.5 Å². The minimum Gasteiger partial charge on any atom is -0.372 e. The number of morpholine rings is 1. The Morgan fingerprint density at radius 3 is 2.60 bits per heavy atom. The number of hydrogen-bond acceptors (Lipinski definition) is 6. The van der Waals surface area contributed by atoms with Gasteiger partial charge in [-0.05, 0) is 38.8 Å². The average molecular weight is 344 g/mol. The predicted molar refractivity (Wildman–Crippen MR) is 92.3 cm³/mol. The Hall–Kier alpha value is -2.22. The van der Waals surface area contributed by atoms with Gasteiger partial charge in [0.1, 0.15) is 12.1 Å². The summed E-state index contributed by atoms with van der Waals surface area (Å²) in [6.45, 7) is 7.15. The molecular weight excluding hydrogens is 320 g/mol. The van der Waals surface area contributed by atoms with Crippen LogP contribution in [0.4, 0.5) is 5.82 Å². The van der Waals surface area contributed by atoms with E-state index >= 15 is 0 Å². The molecule has 2 aromatic rings. The zero-order chi connectivity index (χ0) is 17.4. The Kier molecular flexibility index (Phi) is 4.29. The second-order valence-corrected chi connectivity index (χ2v) is 7.09. The van der Waals surface area contributed by atoms with Crippen molar-refractivity contribution in [3.63, 3.8) is 0 Å². The summed E-state index contributed by atoms with van der Waals surface area (Å²) in [6, 6.07) is 3.89. The lowest BCUT2D eigenvalue weighted by atomic mass is 9.94. The number of piperidine rings is 1. The molecule has 2 aliphatic heterocycles. The molecule has 0 saturated carbocycles. The lowest BCUT2D eigenvalue weighted by Crippen LogP contribution is -2.51. The molecule has 2 aliphatic rings. The molecule has 0 spiro atoms. The summed E-state index contributed by atoms with van der Waals surface area (Å²) in [5.74, 6) is 1.29. The van der Waals surface area contributed by atoms with Crippen molar-refractivity contribution in [2.24, 2.45) is 5.92 Å². The van der Waals surface area contributed by atoms with Crippen LogP contribution in [0.25, 0.3) is 5.65 Å². The van der Waals surface area contributed by atoms with Crippen LogP contribution in [0.2, 0.25) is 0 Å². The number of carbonyl (C=O) groups is 1. The van der Waals surface area contributed by atoms with Gasteiger partial charge in [0.25, 0.3) is 0 Å². The molecule has 2 saturated heterocycles. The van der Waals surface area contributed by atoms with Crippen LogP contribution in [0, 0.1) is 5.92 Å². The number of fused-ring (bicyclic) bond motifs is 1. The number of ether oxygens (including phenoxy) is 1. The summed E-state index contributed by atoms with van der Waals surface area (Å²) in [4.78, 5) is 17.1. The minimum atomic E-state index is 0.104. The third kappa shape index (κ3) is 3.30. The van der Waals surface area contributed by atoms with Crippen LogP contribution in [-0.2, 0) is 9.53 Å². The summed E-state index contributed by atoms with van der Waals surface area (Å²) in [7, 11) is 0. The van der Waals surface area contributed by atoms with E-state index in [0.717, 1.165) is 37.4 Å². The molecule has 0 aromatic carbocycles. The fraction of sp³-hybridized carbons (Fsp3) is 0.647. The Bertz CT molecular complexity index is 744. The maximum atomic E-state index is 12.8. The molecule has 4 heterocycles. The summed E-state index contributed by atoms with van der Waals surface area (Å²) in [5, 5.41) is 12.4. The average Bonchev–Trinajstić information content (AvgIpc) is 3.08. The standard InChI is InChI=1S/C17H24N6O2/c1-12-9-22(10-13(2)25-12)17(24)14-5-7-21(8-6-14)16-4-3-15-19-18-11-23(15)20-16/h3-4,11-14H,5-10H2,1-2H3/t12-,13-/m0/s1. The van der Waals surface area contributed by atoms with Crippen molar-refractivity contribution in [3.05, 3.63) is 18.5 Å². The third-order valence-corrected chi connectivity index (χ3v) is 5.05. The monoisotopic (exact) mass is 344 g/mol. The fourth-order valence-corrected chi connectivity index (χ4v) is 3.86. The van der Waals surface area contributed by atoms with Crippen molar-refractivity contribution < 1.29 is 9.53 Å². The second kappa shape index (κ2) is 6.59. The largest absolute Gasteiger partial charge is 0.372 e. The highest BCUT2D eigenvalue weighted by molar-refractivity contribution is 5.79. The lowest BCUT2D eigenvalue weighted by Gasteiger charge is -2.39. The van der Waals surface area contributed by atoms with E-state index in [1.165, 1.54) is 0 Å². The first-order valence-corrected chi connectivity index (χ1v) is 8.96. The molecule has 0 aliphatic carbocycles. The number of carbonyl (C=O) groups excluding carboxylic acids is 1. The maximum Gasteiger partial charge on any atom is 0.225 e. The lowest BCUT2D eigenvalue weighted by molar-refractivity contribution is -0.148. The first-order valence-electron chi connectivity index (χ1n) is 8.96. The van der Waals surface area contributed by atoms with Crippen molar-refractivity contribution in [2.45, 2.75) is 38.9 Å². The van der Waals surface area contributed by atoms with E-state index in [1.807, 2.05) is 30.9 Å². The molecule has 25 heavy (non-hydrogen) atoms. The van der Waals surface area contributed by atoms with Gasteiger partial charge in [0.15, 0.2) is 5.65 Å². The molecule has 134 valence electrons. The summed E-state index contributed by atoms with van der Waals surface area (Å²) >= 11 is 0. The van der Waals surface area contributed by atoms with Gasteiger partial charge in [-0.25, -0.2) is 0 Å². The second-order valence-electron chi connectivity index (χ2n) is 7.09. The van der Waals surface area contributed by atoms with E-state index in [2.05, 4.69) is 20.2 Å².